The molecule has 0 bridgehead atoms. The fourth-order valence-corrected chi connectivity index (χ4v) is 4.27. The highest BCUT2D eigenvalue weighted by Gasteiger charge is 2.24. The highest BCUT2D eigenvalue weighted by molar-refractivity contribution is 6.00. The predicted molar refractivity (Wildman–Crippen MR) is 147 cm³/mol. The molecule has 0 saturated carbocycles. The van der Waals surface area contributed by atoms with Gasteiger partial charge in [-0.25, -0.2) is 4.39 Å². The number of amides is 2. The van der Waals surface area contributed by atoms with Crippen molar-refractivity contribution in [2.45, 2.75) is 72.4 Å². The smallest absolute Gasteiger partial charge is 0.253 e. The fraction of sp³-hybridized carbons (Fsp3) is 0.533. The highest BCUT2D eigenvalue weighted by Crippen LogP contribution is 2.15. The van der Waals surface area contributed by atoms with E-state index in [1.54, 1.807) is 30.3 Å². The summed E-state index contributed by atoms with van der Waals surface area (Å²) in [6.07, 6.45) is 2.20. The van der Waals surface area contributed by atoms with Crippen LogP contribution >= 0.6 is 0 Å². The normalized spacial score (nSPS) is 12.9. The number of nitrogens with one attached hydrogen (secondary N) is 2. The maximum absolute atomic E-state index is 13.4. The van der Waals surface area contributed by atoms with Crippen molar-refractivity contribution in [3.63, 3.8) is 0 Å². The van der Waals surface area contributed by atoms with Crippen LogP contribution in [0.3, 0.4) is 0 Å². The minimum Gasteiger partial charge on any atom is -0.390 e. The van der Waals surface area contributed by atoms with Crippen LogP contribution in [0.25, 0.3) is 0 Å². The molecule has 2 aromatic carbocycles. The predicted octanol–water partition coefficient (Wildman–Crippen LogP) is 4.73. The first kappa shape index (κ1) is 30.5. The second-order valence-electron chi connectivity index (χ2n) is 10.2. The molecule has 2 atom stereocenters. The van der Waals surface area contributed by atoms with Gasteiger partial charge in [-0.1, -0.05) is 39.8 Å². The third kappa shape index (κ3) is 10.3. The Morgan fingerprint density at radius 1 is 1.00 bits per heavy atom. The van der Waals surface area contributed by atoms with Crippen molar-refractivity contribution in [1.29, 1.82) is 0 Å². The number of benzene rings is 2. The Morgan fingerprint density at radius 2 is 1.62 bits per heavy atom. The minimum atomic E-state index is -0.850. The Hall–Kier alpha value is -2.77. The van der Waals surface area contributed by atoms with Crippen molar-refractivity contribution in [3.8, 4) is 0 Å². The summed E-state index contributed by atoms with van der Waals surface area (Å²) in [4.78, 5) is 28.3. The number of carbonyl (C=O) groups excluding carboxylic acids is 2. The standard InChI is InChI=1S/C30H44FN3O3/c1-6-14-34(15-7-2)30(37)25-17-22(5)16-24(19-25)29(36)33-27(18-23-8-10-26(31)11-9-23)28(35)20-32-13-12-21(3)4/h8-11,16-17,19,21,27-28,32,35H,6-7,12-15,18,20H2,1-5H3,(H,33,36)/t27-,28+/m0/s1. The first-order valence-electron chi connectivity index (χ1n) is 13.5. The van der Waals surface area contributed by atoms with Gasteiger partial charge in [-0.3, -0.25) is 9.59 Å². The molecule has 37 heavy (non-hydrogen) atoms. The van der Waals surface area contributed by atoms with Gasteiger partial charge in [-0.2, -0.15) is 0 Å². The van der Waals surface area contributed by atoms with Crippen LogP contribution in [0.1, 0.15) is 78.8 Å². The van der Waals surface area contributed by atoms with E-state index in [0.717, 1.165) is 36.9 Å². The number of carbonyl (C=O) groups is 2. The van der Waals surface area contributed by atoms with Crippen molar-refractivity contribution in [2.75, 3.05) is 26.2 Å². The Bertz CT molecular complexity index is 988. The molecule has 0 spiro atoms. The molecule has 0 saturated heterocycles. The number of halogens is 1. The average molecular weight is 514 g/mol. The van der Waals surface area contributed by atoms with Crippen LogP contribution in [0.2, 0.25) is 0 Å². The van der Waals surface area contributed by atoms with Gasteiger partial charge in [-0.15, -0.1) is 0 Å². The first-order valence-corrected chi connectivity index (χ1v) is 13.5. The van der Waals surface area contributed by atoms with E-state index in [0.29, 0.717) is 43.1 Å². The first-order chi connectivity index (χ1) is 17.6. The average Bonchev–Trinajstić information content (AvgIpc) is 2.86. The van der Waals surface area contributed by atoms with E-state index in [2.05, 4.69) is 24.5 Å². The molecule has 0 unspecified atom stereocenters. The molecule has 0 fully saturated rings. The van der Waals surface area contributed by atoms with E-state index in [9.17, 15) is 19.1 Å². The molecule has 0 aromatic heterocycles. The molecule has 6 nitrogen and oxygen atoms in total. The van der Waals surface area contributed by atoms with Gasteiger partial charge in [0, 0.05) is 30.8 Å². The third-order valence-corrected chi connectivity index (χ3v) is 6.26. The Kier molecular flexibility index (Phi) is 12.7. The molecule has 2 aromatic rings. The van der Waals surface area contributed by atoms with Crippen LogP contribution in [0.4, 0.5) is 4.39 Å². The third-order valence-electron chi connectivity index (χ3n) is 6.26. The quantitative estimate of drug-likeness (QED) is 0.301. The van der Waals surface area contributed by atoms with Crippen molar-refractivity contribution >= 4 is 11.8 Å². The molecule has 204 valence electrons. The van der Waals surface area contributed by atoms with Gasteiger partial charge in [0.05, 0.1) is 12.1 Å². The molecular formula is C30H44FN3O3. The number of aliphatic hydroxyl groups excluding tert-OH is 1. The van der Waals surface area contributed by atoms with Crippen molar-refractivity contribution in [3.05, 3.63) is 70.5 Å². The summed E-state index contributed by atoms with van der Waals surface area (Å²) < 4.78 is 13.4. The van der Waals surface area contributed by atoms with Crippen LogP contribution < -0.4 is 10.6 Å². The van der Waals surface area contributed by atoms with Gasteiger partial charge < -0.3 is 20.6 Å². The number of hydrogen-bond acceptors (Lipinski definition) is 4. The van der Waals surface area contributed by atoms with Crippen molar-refractivity contribution in [2.24, 2.45) is 5.92 Å². The summed E-state index contributed by atoms with van der Waals surface area (Å²) in [7, 11) is 0. The molecule has 2 rings (SSSR count). The SMILES string of the molecule is CCCN(CCC)C(=O)c1cc(C)cc(C(=O)N[C@@H](Cc2ccc(F)cc2)[C@H](O)CNCCC(C)C)c1. The lowest BCUT2D eigenvalue weighted by Gasteiger charge is -2.25. The molecule has 0 aliphatic heterocycles. The molecule has 0 aliphatic carbocycles. The molecule has 0 heterocycles. The van der Waals surface area contributed by atoms with Gasteiger partial charge in [-0.05, 0) is 86.5 Å². The monoisotopic (exact) mass is 513 g/mol. The van der Waals surface area contributed by atoms with Gasteiger partial charge in [0.2, 0.25) is 0 Å². The van der Waals surface area contributed by atoms with Crippen LogP contribution in [0.5, 0.6) is 0 Å². The van der Waals surface area contributed by atoms with E-state index in [1.807, 2.05) is 25.7 Å². The lowest BCUT2D eigenvalue weighted by atomic mass is 9.99. The highest BCUT2D eigenvalue weighted by atomic mass is 19.1. The minimum absolute atomic E-state index is 0.0845. The number of rotatable bonds is 15. The zero-order valence-corrected chi connectivity index (χ0v) is 23.0. The van der Waals surface area contributed by atoms with E-state index < -0.39 is 12.1 Å². The lowest BCUT2D eigenvalue weighted by Crippen LogP contribution is -2.49. The largest absolute Gasteiger partial charge is 0.390 e. The van der Waals surface area contributed by atoms with Crippen LogP contribution in [-0.2, 0) is 6.42 Å². The number of aryl methyl sites for hydroxylation is 1. The molecule has 0 aliphatic rings. The summed E-state index contributed by atoms with van der Waals surface area (Å²) in [5.41, 5.74) is 2.48. The van der Waals surface area contributed by atoms with Crippen LogP contribution in [0, 0.1) is 18.7 Å². The number of hydrogen-bond donors (Lipinski definition) is 3. The van der Waals surface area contributed by atoms with E-state index in [1.165, 1.54) is 12.1 Å². The summed E-state index contributed by atoms with van der Waals surface area (Å²) in [5, 5.41) is 17.2. The number of nitrogens with zero attached hydrogens (tertiary/aromatic N) is 1. The Balaban J connectivity index is 2.22. The fourth-order valence-electron chi connectivity index (χ4n) is 4.27. The molecule has 7 heteroatoms. The summed E-state index contributed by atoms with van der Waals surface area (Å²) in [5.74, 6) is -0.233. The Labute approximate surface area is 221 Å². The zero-order chi connectivity index (χ0) is 27.4. The van der Waals surface area contributed by atoms with Crippen molar-refractivity contribution in [1.82, 2.24) is 15.5 Å². The summed E-state index contributed by atoms with van der Waals surface area (Å²) in [6.45, 7) is 12.6. The van der Waals surface area contributed by atoms with Crippen molar-refractivity contribution < 1.29 is 19.1 Å². The second kappa shape index (κ2) is 15.5. The summed E-state index contributed by atoms with van der Waals surface area (Å²) >= 11 is 0. The van der Waals surface area contributed by atoms with Gasteiger partial charge >= 0.3 is 0 Å². The van der Waals surface area contributed by atoms with E-state index >= 15 is 0 Å². The lowest BCUT2D eigenvalue weighted by molar-refractivity contribution is 0.0755. The zero-order valence-electron chi connectivity index (χ0n) is 23.0. The maximum atomic E-state index is 13.4. The van der Waals surface area contributed by atoms with E-state index in [-0.39, 0.29) is 17.6 Å². The second-order valence-corrected chi connectivity index (χ2v) is 10.2. The van der Waals surface area contributed by atoms with Gasteiger partial charge in [0.15, 0.2) is 0 Å². The summed E-state index contributed by atoms with van der Waals surface area (Å²) in [6, 6.07) is 10.7. The molecular weight excluding hydrogens is 469 g/mol. The topological polar surface area (TPSA) is 81.7 Å². The van der Waals surface area contributed by atoms with Crippen LogP contribution in [-0.4, -0.2) is 60.1 Å². The molecule has 2 amide bonds. The van der Waals surface area contributed by atoms with E-state index in [4.69, 9.17) is 0 Å². The van der Waals surface area contributed by atoms with Gasteiger partial charge in [0.25, 0.3) is 11.8 Å². The molecule has 3 N–H and O–H groups in total. The molecule has 0 radical (unpaired) electrons. The number of aliphatic hydroxyl groups is 1. The Morgan fingerprint density at radius 3 is 2.22 bits per heavy atom. The van der Waals surface area contributed by atoms with Crippen LogP contribution in [0.15, 0.2) is 42.5 Å². The van der Waals surface area contributed by atoms with Gasteiger partial charge in [0.1, 0.15) is 5.82 Å². The maximum Gasteiger partial charge on any atom is 0.253 e.